The standard InChI is InChI=1S/C8H3FN4O2/c9-5-1-4(13(14)15)2-6-8(5)7(3-10)12-11-6/h1-2H,(H,11,12). The van der Waals surface area contributed by atoms with Crippen LogP contribution in [0.15, 0.2) is 12.1 Å². The van der Waals surface area contributed by atoms with Crippen LogP contribution in [0.5, 0.6) is 0 Å². The highest BCUT2D eigenvalue weighted by Crippen LogP contribution is 2.24. The van der Waals surface area contributed by atoms with Gasteiger partial charge in [0.2, 0.25) is 0 Å². The summed E-state index contributed by atoms with van der Waals surface area (Å²) in [5.41, 5.74) is -0.358. The summed E-state index contributed by atoms with van der Waals surface area (Å²) in [4.78, 5) is 9.70. The minimum absolute atomic E-state index is 0.0249. The molecule has 0 radical (unpaired) electrons. The first-order valence-corrected chi connectivity index (χ1v) is 3.85. The first-order chi connectivity index (χ1) is 7.13. The molecule has 0 aliphatic carbocycles. The van der Waals surface area contributed by atoms with E-state index in [1.807, 2.05) is 0 Å². The molecule has 0 fully saturated rings. The summed E-state index contributed by atoms with van der Waals surface area (Å²) in [7, 11) is 0. The van der Waals surface area contributed by atoms with Crippen molar-refractivity contribution in [2.75, 3.05) is 0 Å². The number of nitriles is 1. The van der Waals surface area contributed by atoms with Crippen LogP contribution in [0.25, 0.3) is 10.9 Å². The molecular weight excluding hydrogens is 203 g/mol. The molecule has 0 aliphatic rings. The van der Waals surface area contributed by atoms with Gasteiger partial charge in [-0.05, 0) is 0 Å². The van der Waals surface area contributed by atoms with Crippen LogP contribution in [0.4, 0.5) is 10.1 Å². The Morgan fingerprint density at radius 2 is 2.33 bits per heavy atom. The van der Waals surface area contributed by atoms with Gasteiger partial charge in [-0.1, -0.05) is 0 Å². The molecular formula is C8H3FN4O2. The number of nitrogens with zero attached hydrogens (tertiary/aromatic N) is 3. The Hall–Kier alpha value is -2.49. The molecule has 0 saturated heterocycles. The van der Waals surface area contributed by atoms with Crippen LogP contribution in [-0.2, 0) is 0 Å². The van der Waals surface area contributed by atoms with E-state index in [1.165, 1.54) is 0 Å². The lowest BCUT2D eigenvalue weighted by molar-refractivity contribution is -0.384. The summed E-state index contributed by atoms with van der Waals surface area (Å²) in [6, 6.07) is 3.58. The summed E-state index contributed by atoms with van der Waals surface area (Å²) in [5, 5.41) is 24.9. The van der Waals surface area contributed by atoms with E-state index in [0.717, 1.165) is 12.1 Å². The predicted octanol–water partition coefficient (Wildman–Crippen LogP) is 1.48. The van der Waals surface area contributed by atoms with Gasteiger partial charge in [0.05, 0.1) is 21.9 Å². The van der Waals surface area contributed by atoms with E-state index < -0.39 is 10.7 Å². The molecule has 1 heterocycles. The number of benzene rings is 1. The van der Waals surface area contributed by atoms with E-state index in [-0.39, 0.29) is 22.3 Å². The van der Waals surface area contributed by atoms with Gasteiger partial charge in [-0.15, -0.1) is 0 Å². The van der Waals surface area contributed by atoms with E-state index in [0.29, 0.717) is 0 Å². The highest BCUT2D eigenvalue weighted by atomic mass is 19.1. The zero-order chi connectivity index (χ0) is 11.0. The number of halogens is 1. The van der Waals surface area contributed by atoms with Crippen LogP contribution in [0, 0.1) is 27.3 Å². The number of aromatic amines is 1. The maximum absolute atomic E-state index is 13.4. The minimum atomic E-state index is -0.829. The van der Waals surface area contributed by atoms with Crippen molar-refractivity contribution in [3.8, 4) is 6.07 Å². The normalized spacial score (nSPS) is 10.1. The van der Waals surface area contributed by atoms with Crippen molar-refractivity contribution in [2.24, 2.45) is 0 Å². The third-order valence-corrected chi connectivity index (χ3v) is 1.92. The number of fused-ring (bicyclic) bond motifs is 1. The van der Waals surface area contributed by atoms with Gasteiger partial charge in [0.25, 0.3) is 5.69 Å². The number of rotatable bonds is 1. The van der Waals surface area contributed by atoms with Crippen LogP contribution < -0.4 is 0 Å². The fourth-order valence-corrected chi connectivity index (χ4v) is 1.28. The van der Waals surface area contributed by atoms with Crippen LogP contribution in [0.1, 0.15) is 5.69 Å². The Kier molecular flexibility index (Phi) is 1.83. The Labute approximate surface area is 82.1 Å². The van der Waals surface area contributed by atoms with Gasteiger partial charge in [0, 0.05) is 6.07 Å². The van der Waals surface area contributed by atoms with Gasteiger partial charge < -0.3 is 0 Å². The minimum Gasteiger partial charge on any atom is -0.276 e. The van der Waals surface area contributed by atoms with Crippen molar-refractivity contribution in [2.45, 2.75) is 0 Å². The van der Waals surface area contributed by atoms with E-state index >= 15 is 0 Å². The molecule has 7 heteroatoms. The summed E-state index contributed by atoms with van der Waals surface area (Å²) < 4.78 is 13.4. The van der Waals surface area contributed by atoms with Crippen molar-refractivity contribution < 1.29 is 9.31 Å². The summed E-state index contributed by atoms with van der Waals surface area (Å²) in [6.45, 7) is 0. The molecule has 1 N–H and O–H groups in total. The second-order valence-electron chi connectivity index (χ2n) is 2.79. The molecule has 6 nitrogen and oxygen atoms in total. The second kappa shape index (κ2) is 3.02. The van der Waals surface area contributed by atoms with Gasteiger partial charge in [0.15, 0.2) is 5.69 Å². The van der Waals surface area contributed by atoms with Gasteiger partial charge in [0.1, 0.15) is 11.9 Å². The van der Waals surface area contributed by atoms with Crippen LogP contribution >= 0.6 is 0 Å². The molecule has 15 heavy (non-hydrogen) atoms. The molecule has 0 amide bonds. The monoisotopic (exact) mass is 206 g/mol. The highest BCUT2D eigenvalue weighted by molar-refractivity contribution is 5.86. The number of non-ortho nitro benzene ring substituents is 1. The van der Waals surface area contributed by atoms with E-state index in [9.17, 15) is 14.5 Å². The first kappa shape index (κ1) is 9.08. The molecule has 74 valence electrons. The third-order valence-electron chi connectivity index (χ3n) is 1.92. The summed E-state index contributed by atoms with van der Waals surface area (Å²) >= 11 is 0. The van der Waals surface area contributed by atoms with Gasteiger partial charge >= 0.3 is 0 Å². The van der Waals surface area contributed by atoms with Crippen LogP contribution in [-0.4, -0.2) is 15.1 Å². The summed E-state index contributed by atoms with van der Waals surface area (Å²) in [5.74, 6) is -0.829. The Bertz CT molecular complexity index is 598. The molecule has 2 aromatic rings. The lowest BCUT2D eigenvalue weighted by Gasteiger charge is -1.93. The number of hydrogen-bond donors (Lipinski definition) is 1. The Morgan fingerprint density at radius 3 is 2.93 bits per heavy atom. The van der Waals surface area contributed by atoms with Gasteiger partial charge in [-0.3, -0.25) is 15.2 Å². The van der Waals surface area contributed by atoms with Crippen molar-refractivity contribution in [1.82, 2.24) is 10.2 Å². The molecule has 0 bridgehead atoms. The molecule has 0 aliphatic heterocycles. The molecule has 0 atom stereocenters. The predicted molar refractivity (Wildman–Crippen MR) is 47.4 cm³/mol. The fraction of sp³-hybridized carbons (Fsp3) is 0. The van der Waals surface area contributed by atoms with Crippen molar-refractivity contribution in [3.05, 3.63) is 33.8 Å². The average Bonchev–Trinajstić information content (AvgIpc) is 2.60. The number of aromatic nitrogens is 2. The largest absolute Gasteiger partial charge is 0.276 e. The number of hydrogen-bond acceptors (Lipinski definition) is 4. The Morgan fingerprint density at radius 1 is 1.60 bits per heavy atom. The van der Waals surface area contributed by atoms with Crippen molar-refractivity contribution >= 4 is 16.6 Å². The van der Waals surface area contributed by atoms with Gasteiger partial charge in [-0.2, -0.15) is 10.4 Å². The summed E-state index contributed by atoms with van der Waals surface area (Å²) in [6.07, 6.45) is 0. The SMILES string of the molecule is N#Cc1n[nH]c2cc([N+](=O)[O-])cc(F)c12. The average molecular weight is 206 g/mol. The van der Waals surface area contributed by atoms with E-state index in [1.54, 1.807) is 6.07 Å². The van der Waals surface area contributed by atoms with Crippen LogP contribution in [0.3, 0.4) is 0 Å². The van der Waals surface area contributed by atoms with Gasteiger partial charge in [-0.25, -0.2) is 4.39 Å². The number of nitro benzene ring substituents is 1. The highest BCUT2D eigenvalue weighted by Gasteiger charge is 2.16. The lowest BCUT2D eigenvalue weighted by atomic mass is 10.2. The van der Waals surface area contributed by atoms with E-state index in [4.69, 9.17) is 5.26 Å². The topological polar surface area (TPSA) is 95.6 Å². The maximum atomic E-state index is 13.4. The molecule has 1 aromatic heterocycles. The smallest absolute Gasteiger partial charge is 0.274 e. The molecule has 1 aromatic carbocycles. The maximum Gasteiger partial charge on any atom is 0.274 e. The fourth-order valence-electron chi connectivity index (χ4n) is 1.28. The number of nitro groups is 1. The molecule has 0 unspecified atom stereocenters. The Balaban J connectivity index is 2.82. The lowest BCUT2D eigenvalue weighted by Crippen LogP contribution is -1.89. The van der Waals surface area contributed by atoms with Crippen molar-refractivity contribution in [3.63, 3.8) is 0 Å². The zero-order valence-corrected chi connectivity index (χ0v) is 7.19. The molecule has 0 spiro atoms. The number of H-pyrrole nitrogens is 1. The zero-order valence-electron chi connectivity index (χ0n) is 7.19. The number of nitrogens with one attached hydrogen (secondary N) is 1. The van der Waals surface area contributed by atoms with E-state index in [2.05, 4.69) is 10.2 Å². The van der Waals surface area contributed by atoms with Crippen LogP contribution in [0.2, 0.25) is 0 Å². The first-order valence-electron chi connectivity index (χ1n) is 3.85. The second-order valence-corrected chi connectivity index (χ2v) is 2.79. The quantitative estimate of drug-likeness (QED) is 0.564. The molecule has 2 rings (SSSR count). The van der Waals surface area contributed by atoms with Crippen molar-refractivity contribution in [1.29, 1.82) is 5.26 Å². The third kappa shape index (κ3) is 1.28. The molecule has 0 saturated carbocycles.